The number of ether oxygens (including phenoxy) is 3. The summed E-state index contributed by atoms with van der Waals surface area (Å²) in [5.74, 6) is -0.277. The zero-order chi connectivity index (χ0) is 23.5. The van der Waals surface area contributed by atoms with E-state index in [1.165, 1.54) is 33.5 Å². The fourth-order valence-corrected chi connectivity index (χ4v) is 4.21. The van der Waals surface area contributed by atoms with Gasteiger partial charge < -0.3 is 19.5 Å². The third-order valence-corrected chi connectivity index (χ3v) is 5.86. The molecule has 1 aliphatic heterocycles. The van der Waals surface area contributed by atoms with Gasteiger partial charge in [-0.2, -0.15) is 0 Å². The van der Waals surface area contributed by atoms with Crippen LogP contribution in [0.25, 0.3) is 5.57 Å². The van der Waals surface area contributed by atoms with Crippen molar-refractivity contribution in [3.8, 4) is 17.2 Å². The minimum atomic E-state index is -0.517. The first-order valence-electron chi connectivity index (χ1n) is 10.1. The van der Waals surface area contributed by atoms with E-state index < -0.39 is 11.8 Å². The van der Waals surface area contributed by atoms with Gasteiger partial charge in [-0.15, -0.1) is 0 Å². The van der Waals surface area contributed by atoms with Gasteiger partial charge in [0.15, 0.2) is 11.5 Å². The molecule has 1 unspecified atom stereocenters. The summed E-state index contributed by atoms with van der Waals surface area (Å²) in [4.78, 5) is 30.5. The molecule has 2 amide bonds. The summed E-state index contributed by atoms with van der Waals surface area (Å²) in [6, 6.07) is 12.5. The average Bonchev–Trinajstić information content (AvgIpc) is 2.84. The van der Waals surface area contributed by atoms with Crippen molar-refractivity contribution in [2.45, 2.75) is 0 Å². The molecule has 1 N–H and O–H groups in total. The molecule has 4 rings (SSSR count). The number of hydrogen-bond donors (Lipinski definition) is 1. The van der Waals surface area contributed by atoms with E-state index in [4.69, 9.17) is 14.2 Å². The summed E-state index contributed by atoms with van der Waals surface area (Å²) in [6.45, 7) is 0. The lowest BCUT2D eigenvalue weighted by Crippen LogP contribution is -2.34. The number of allylic oxidation sites excluding steroid dienone is 5. The van der Waals surface area contributed by atoms with Gasteiger partial charge in [-0.3, -0.25) is 9.59 Å². The molecule has 33 heavy (non-hydrogen) atoms. The highest BCUT2D eigenvalue weighted by molar-refractivity contribution is 9.11. The van der Waals surface area contributed by atoms with Crippen LogP contribution in [-0.4, -0.2) is 38.9 Å². The van der Waals surface area contributed by atoms with Crippen LogP contribution in [0.3, 0.4) is 0 Å². The molecule has 7 nitrogen and oxygen atoms in total. The van der Waals surface area contributed by atoms with Crippen LogP contribution in [0.1, 0.15) is 15.9 Å². The molecule has 2 aromatic rings. The van der Waals surface area contributed by atoms with Gasteiger partial charge in [-0.05, 0) is 29.8 Å². The highest BCUT2D eigenvalue weighted by Crippen LogP contribution is 2.39. The molecule has 0 aromatic heterocycles. The Hall–Kier alpha value is -3.65. The van der Waals surface area contributed by atoms with E-state index in [-0.39, 0.29) is 17.2 Å². The Morgan fingerprint density at radius 1 is 1.00 bits per heavy atom. The summed E-state index contributed by atoms with van der Waals surface area (Å²) in [5.41, 5.74) is 2.48. The maximum atomic E-state index is 13.3. The van der Waals surface area contributed by atoms with Gasteiger partial charge in [0.2, 0.25) is 5.75 Å². The third-order valence-electron chi connectivity index (χ3n) is 5.33. The van der Waals surface area contributed by atoms with E-state index >= 15 is 0 Å². The lowest BCUT2D eigenvalue weighted by Gasteiger charge is -2.27. The minimum absolute atomic E-state index is 0.126. The van der Waals surface area contributed by atoms with E-state index in [1.54, 1.807) is 6.08 Å². The van der Waals surface area contributed by atoms with Gasteiger partial charge >= 0.3 is 0 Å². The topological polar surface area (TPSA) is 86.2 Å². The normalized spacial score (nSPS) is 17.1. The predicted molar refractivity (Wildman–Crippen MR) is 129 cm³/mol. The molecule has 2 aliphatic rings. The van der Waals surface area contributed by atoms with E-state index in [9.17, 15) is 9.59 Å². The number of carbonyl (C=O) groups is 2. The van der Waals surface area contributed by atoms with Crippen molar-refractivity contribution in [3.63, 3.8) is 0 Å². The Kier molecular flexibility index (Phi) is 6.46. The van der Waals surface area contributed by atoms with Crippen LogP contribution >= 0.6 is 15.9 Å². The number of carbonyl (C=O) groups excluding carboxylic acids is 2. The number of nitrogens with one attached hydrogen (secondary N) is 1. The van der Waals surface area contributed by atoms with E-state index in [2.05, 4.69) is 26.2 Å². The molecule has 168 valence electrons. The summed E-state index contributed by atoms with van der Waals surface area (Å²) < 4.78 is 16.9. The van der Waals surface area contributed by atoms with Crippen LogP contribution in [0, 0.1) is 5.92 Å². The van der Waals surface area contributed by atoms with E-state index in [0.29, 0.717) is 28.5 Å². The molecule has 8 heteroatoms. The zero-order valence-electron chi connectivity index (χ0n) is 18.2. The highest BCUT2D eigenvalue weighted by atomic mass is 79.9. The number of amides is 2. The molecule has 0 saturated carbocycles. The van der Waals surface area contributed by atoms with Gasteiger partial charge in [0, 0.05) is 21.5 Å². The van der Waals surface area contributed by atoms with Gasteiger partial charge in [0.25, 0.3) is 11.8 Å². The third kappa shape index (κ3) is 4.34. The van der Waals surface area contributed by atoms with Crippen LogP contribution in [0.2, 0.25) is 0 Å². The van der Waals surface area contributed by atoms with Crippen molar-refractivity contribution in [1.82, 2.24) is 5.32 Å². The standard InChI is InChI=1S/C25H21BrN2O5/c1-31-19-11-15(12-20(32-2)23(19)33-3)24(29)28-22-21(14-7-5-4-6-8-14)17-13-16(26)9-10-18(17)27-25(22)30/h4-13,17H,1-3H3,(H,28,29). The maximum absolute atomic E-state index is 13.3. The summed E-state index contributed by atoms with van der Waals surface area (Å²) >= 11 is 3.50. The van der Waals surface area contributed by atoms with Crippen LogP contribution in [-0.2, 0) is 4.79 Å². The second-order valence-corrected chi connectivity index (χ2v) is 8.14. The Bertz CT molecular complexity index is 1220. The Balaban J connectivity index is 1.80. The number of benzene rings is 2. The average molecular weight is 509 g/mol. The fourth-order valence-electron chi connectivity index (χ4n) is 3.81. The molecule has 0 saturated heterocycles. The number of fused-ring (bicyclic) bond motifs is 1. The van der Waals surface area contributed by atoms with Crippen molar-refractivity contribution in [1.29, 1.82) is 0 Å². The van der Waals surface area contributed by atoms with Crippen molar-refractivity contribution in [2.75, 3.05) is 21.3 Å². The van der Waals surface area contributed by atoms with Crippen LogP contribution in [0.4, 0.5) is 0 Å². The van der Waals surface area contributed by atoms with Gasteiger partial charge in [0.05, 0.1) is 27.0 Å². The molecule has 2 aromatic carbocycles. The van der Waals surface area contributed by atoms with Crippen LogP contribution < -0.4 is 19.5 Å². The van der Waals surface area contributed by atoms with Crippen LogP contribution in [0.15, 0.2) is 75.9 Å². The zero-order valence-corrected chi connectivity index (χ0v) is 19.8. The molecule has 0 bridgehead atoms. The Morgan fingerprint density at radius 3 is 2.27 bits per heavy atom. The molecule has 0 spiro atoms. The lowest BCUT2D eigenvalue weighted by atomic mass is 9.82. The second-order valence-electron chi connectivity index (χ2n) is 7.23. The second kappa shape index (κ2) is 9.46. The largest absolute Gasteiger partial charge is 0.493 e. The lowest BCUT2D eigenvalue weighted by molar-refractivity contribution is -0.114. The van der Waals surface area contributed by atoms with Crippen molar-refractivity contribution >= 4 is 39.0 Å². The smallest absolute Gasteiger partial charge is 0.294 e. The van der Waals surface area contributed by atoms with E-state index in [1.807, 2.05) is 42.5 Å². The number of hydrogen-bond acceptors (Lipinski definition) is 5. The number of nitrogens with zero attached hydrogens (tertiary/aromatic N) is 1. The maximum Gasteiger partial charge on any atom is 0.294 e. The van der Waals surface area contributed by atoms with Crippen LogP contribution in [0.5, 0.6) is 17.2 Å². The number of aliphatic imine (C=N–C) groups is 1. The SMILES string of the molecule is COc1cc(C(=O)NC2=C(c3ccccc3)C3C=C(Br)C=CC3=NC2=O)cc(OC)c1OC. The first-order valence-corrected chi connectivity index (χ1v) is 10.8. The fraction of sp³-hybridized carbons (Fsp3) is 0.160. The van der Waals surface area contributed by atoms with Crippen molar-refractivity contribution < 1.29 is 23.8 Å². The summed E-state index contributed by atoms with van der Waals surface area (Å²) in [7, 11) is 4.42. The quantitative estimate of drug-likeness (QED) is 0.628. The first-order chi connectivity index (χ1) is 16.0. The number of rotatable bonds is 6. The van der Waals surface area contributed by atoms with Crippen molar-refractivity contribution in [2.24, 2.45) is 10.9 Å². The molecule has 1 heterocycles. The van der Waals surface area contributed by atoms with Gasteiger partial charge in [-0.25, -0.2) is 4.99 Å². The van der Waals surface area contributed by atoms with E-state index in [0.717, 1.165) is 10.0 Å². The number of halogens is 1. The molecule has 1 atom stereocenters. The Morgan fingerprint density at radius 2 is 1.67 bits per heavy atom. The van der Waals surface area contributed by atoms with Gasteiger partial charge in [0.1, 0.15) is 5.70 Å². The molecule has 0 fully saturated rings. The first kappa shape index (κ1) is 22.5. The van der Waals surface area contributed by atoms with Crippen molar-refractivity contribution in [3.05, 3.63) is 82.0 Å². The number of dihydropyridines is 1. The molecule has 1 aliphatic carbocycles. The number of methoxy groups -OCH3 is 3. The predicted octanol–water partition coefficient (Wildman–Crippen LogP) is 4.30. The van der Waals surface area contributed by atoms with Gasteiger partial charge in [-0.1, -0.05) is 52.3 Å². The summed E-state index contributed by atoms with van der Waals surface area (Å²) in [6.07, 6.45) is 5.59. The molecular weight excluding hydrogens is 488 g/mol. The summed E-state index contributed by atoms with van der Waals surface area (Å²) in [5, 5.41) is 2.78. The highest BCUT2D eigenvalue weighted by Gasteiger charge is 2.33. The minimum Gasteiger partial charge on any atom is -0.493 e. The molecular formula is C25H21BrN2O5. The Labute approximate surface area is 199 Å². The monoisotopic (exact) mass is 508 g/mol. The molecule has 0 radical (unpaired) electrons.